The minimum absolute atomic E-state index is 0.185. The number of fused-ring (bicyclic) bond motifs is 1. The molecule has 1 atom stereocenters. The maximum atomic E-state index is 12.5. The van der Waals surface area contributed by atoms with E-state index in [0.29, 0.717) is 16.5 Å². The molecule has 0 saturated heterocycles. The maximum Gasteiger partial charge on any atom is 0.341 e. The molecule has 0 aliphatic heterocycles. The Kier molecular flexibility index (Phi) is 6.44. The van der Waals surface area contributed by atoms with E-state index in [1.165, 1.54) is 18.3 Å². The highest BCUT2D eigenvalue weighted by atomic mass is 32.1. The summed E-state index contributed by atoms with van der Waals surface area (Å²) in [7, 11) is 0. The van der Waals surface area contributed by atoms with Gasteiger partial charge in [0.05, 0.1) is 12.2 Å². The predicted octanol–water partition coefficient (Wildman–Crippen LogP) is 3.58. The van der Waals surface area contributed by atoms with E-state index >= 15 is 0 Å². The topological polar surface area (TPSA) is 81.7 Å². The van der Waals surface area contributed by atoms with Crippen LogP contribution in [0.4, 0.5) is 5.00 Å². The minimum Gasteiger partial charge on any atom is -0.462 e. The number of thiophene rings is 1. The van der Waals surface area contributed by atoms with Crippen molar-refractivity contribution in [2.45, 2.75) is 53.9 Å². The van der Waals surface area contributed by atoms with Crippen molar-refractivity contribution in [2.24, 2.45) is 11.3 Å². The quantitative estimate of drug-likeness (QED) is 0.789. The number of rotatable bonds is 5. The summed E-state index contributed by atoms with van der Waals surface area (Å²) in [5.41, 5.74) is 1.62. The highest BCUT2D eigenvalue weighted by molar-refractivity contribution is 7.17. The van der Waals surface area contributed by atoms with E-state index in [-0.39, 0.29) is 18.6 Å². The summed E-state index contributed by atoms with van der Waals surface area (Å²) in [5.74, 6) is -0.878. The van der Waals surface area contributed by atoms with Gasteiger partial charge < -0.3 is 14.8 Å². The van der Waals surface area contributed by atoms with E-state index in [1.807, 2.05) is 0 Å². The van der Waals surface area contributed by atoms with Crippen molar-refractivity contribution in [2.75, 3.05) is 18.5 Å². The Hall–Kier alpha value is -1.89. The molecule has 0 bridgehead atoms. The molecular formula is C19H27NO5S. The molecule has 0 spiro atoms. The zero-order chi connectivity index (χ0) is 19.5. The van der Waals surface area contributed by atoms with Gasteiger partial charge in [-0.15, -0.1) is 11.3 Å². The van der Waals surface area contributed by atoms with Crippen molar-refractivity contribution >= 4 is 34.2 Å². The van der Waals surface area contributed by atoms with Gasteiger partial charge in [-0.2, -0.15) is 0 Å². The summed E-state index contributed by atoms with van der Waals surface area (Å²) < 4.78 is 9.92. The summed E-state index contributed by atoms with van der Waals surface area (Å²) in [6.45, 7) is 9.58. The summed E-state index contributed by atoms with van der Waals surface area (Å²) >= 11 is 1.43. The molecule has 0 saturated carbocycles. The Morgan fingerprint density at radius 2 is 1.92 bits per heavy atom. The highest BCUT2D eigenvalue weighted by Gasteiger charge is 2.34. The van der Waals surface area contributed by atoms with Crippen LogP contribution in [0.5, 0.6) is 0 Å². The summed E-state index contributed by atoms with van der Waals surface area (Å²) in [5, 5.41) is 3.20. The van der Waals surface area contributed by atoms with Gasteiger partial charge in [0.2, 0.25) is 0 Å². The first-order chi connectivity index (χ1) is 12.1. The lowest BCUT2D eigenvalue weighted by Gasteiger charge is -2.33. The second kappa shape index (κ2) is 8.20. The Morgan fingerprint density at radius 3 is 2.50 bits per heavy atom. The molecule has 1 aliphatic rings. The van der Waals surface area contributed by atoms with Crippen LogP contribution in [0.15, 0.2) is 0 Å². The summed E-state index contributed by atoms with van der Waals surface area (Å²) in [4.78, 5) is 36.5. The van der Waals surface area contributed by atoms with Crippen LogP contribution in [0.2, 0.25) is 0 Å². The molecule has 7 heteroatoms. The molecule has 144 valence electrons. The third kappa shape index (κ3) is 4.84. The average Bonchev–Trinajstić information content (AvgIpc) is 2.89. The molecule has 1 heterocycles. The molecule has 26 heavy (non-hydrogen) atoms. The number of esters is 2. The first-order valence-corrected chi connectivity index (χ1v) is 9.70. The van der Waals surface area contributed by atoms with E-state index in [4.69, 9.17) is 9.47 Å². The molecule has 1 aromatic heterocycles. The third-order valence-corrected chi connectivity index (χ3v) is 5.80. The molecule has 0 radical (unpaired) electrons. The van der Waals surface area contributed by atoms with Gasteiger partial charge >= 0.3 is 11.9 Å². The van der Waals surface area contributed by atoms with E-state index in [9.17, 15) is 14.4 Å². The molecule has 0 unspecified atom stereocenters. The summed E-state index contributed by atoms with van der Waals surface area (Å²) in [6.07, 6.45) is 2.68. The fourth-order valence-electron chi connectivity index (χ4n) is 3.16. The molecule has 0 fully saturated rings. The third-order valence-electron chi connectivity index (χ3n) is 4.63. The molecule has 1 N–H and O–H groups in total. The van der Waals surface area contributed by atoms with Gasteiger partial charge in [0.25, 0.3) is 5.91 Å². The van der Waals surface area contributed by atoms with Crippen molar-refractivity contribution in [3.63, 3.8) is 0 Å². The second-order valence-corrected chi connectivity index (χ2v) is 8.67. The van der Waals surface area contributed by atoms with E-state index < -0.39 is 17.8 Å². The molecule has 1 aromatic rings. The Morgan fingerprint density at radius 1 is 1.23 bits per heavy atom. The van der Waals surface area contributed by atoms with Crippen LogP contribution >= 0.6 is 11.3 Å². The molecule has 0 aromatic carbocycles. The number of hydrogen-bond acceptors (Lipinski definition) is 6. The SMILES string of the molecule is CCOC(=O)c1c(NC(=O)COC(C)=O)sc2c1CC[C@H](C(C)(C)C)C2. The number of hydrogen-bond donors (Lipinski definition) is 1. The lowest BCUT2D eigenvalue weighted by molar-refractivity contribution is -0.144. The molecule has 1 aliphatic carbocycles. The van der Waals surface area contributed by atoms with E-state index in [1.54, 1.807) is 6.92 Å². The fraction of sp³-hybridized carbons (Fsp3) is 0.632. The normalized spacial score (nSPS) is 16.6. The van der Waals surface area contributed by atoms with Gasteiger partial charge in [0.15, 0.2) is 6.61 Å². The van der Waals surface area contributed by atoms with Crippen LogP contribution in [-0.4, -0.2) is 31.1 Å². The van der Waals surface area contributed by atoms with Gasteiger partial charge in [-0.1, -0.05) is 20.8 Å². The zero-order valence-electron chi connectivity index (χ0n) is 16.1. The number of amides is 1. The zero-order valence-corrected chi connectivity index (χ0v) is 16.9. The number of carbonyl (C=O) groups excluding carboxylic acids is 3. The van der Waals surface area contributed by atoms with Gasteiger partial charge in [0.1, 0.15) is 5.00 Å². The smallest absolute Gasteiger partial charge is 0.341 e. The maximum absolute atomic E-state index is 12.5. The molecule has 6 nitrogen and oxygen atoms in total. The Labute approximate surface area is 158 Å². The van der Waals surface area contributed by atoms with Crippen LogP contribution in [-0.2, 0) is 31.9 Å². The van der Waals surface area contributed by atoms with Crippen molar-refractivity contribution in [1.29, 1.82) is 0 Å². The van der Waals surface area contributed by atoms with Crippen LogP contribution in [0, 0.1) is 11.3 Å². The summed E-state index contributed by atoms with van der Waals surface area (Å²) in [6, 6.07) is 0. The average molecular weight is 381 g/mol. The van der Waals surface area contributed by atoms with Crippen molar-refractivity contribution in [1.82, 2.24) is 0 Å². The standard InChI is InChI=1S/C19H27NO5S/c1-6-24-18(23)16-13-8-7-12(19(3,4)5)9-14(13)26-17(16)20-15(22)10-25-11(2)21/h12H,6-10H2,1-5H3,(H,20,22)/t12-/m0/s1. The lowest BCUT2D eigenvalue weighted by atomic mass is 9.72. The van der Waals surface area contributed by atoms with Gasteiger partial charge in [-0.25, -0.2) is 4.79 Å². The van der Waals surface area contributed by atoms with E-state index in [0.717, 1.165) is 29.7 Å². The first-order valence-electron chi connectivity index (χ1n) is 8.88. The van der Waals surface area contributed by atoms with Gasteiger partial charge in [0, 0.05) is 11.8 Å². The Balaban J connectivity index is 2.29. The van der Waals surface area contributed by atoms with Crippen molar-refractivity contribution in [3.8, 4) is 0 Å². The Bertz CT molecular complexity index is 702. The molecule has 1 amide bonds. The number of nitrogens with one attached hydrogen (secondary N) is 1. The van der Waals surface area contributed by atoms with Crippen LogP contribution in [0.3, 0.4) is 0 Å². The highest BCUT2D eigenvalue weighted by Crippen LogP contribution is 2.44. The van der Waals surface area contributed by atoms with Crippen molar-refractivity contribution in [3.05, 3.63) is 16.0 Å². The van der Waals surface area contributed by atoms with Gasteiger partial charge in [-0.05, 0) is 43.1 Å². The van der Waals surface area contributed by atoms with Gasteiger partial charge in [-0.3, -0.25) is 9.59 Å². The fourth-order valence-corrected chi connectivity index (χ4v) is 4.49. The molecular weight excluding hydrogens is 354 g/mol. The van der Waals surface area contributed by atoms with E-state index in [2.05, 4.69) is 26.1 Å². The lowest BCUT2D eigenvalue weighted by Crippen LogP contribution is -2.26. The van der Waals surface area contributed by atoms with Crippen molar-refractivity contribution < 1.29 is 23.9 Å². The largest absolute Gasteiger partial charge is 0.462 e. The van der Waals surface area contributed by atoms with Crippen LogP contribution < -0.4 is 5.32 Å². The predicted molar refractivity (Wildman–Crippen MR) is 101 cm³/mol. The number of carbonyl (C=O) groups is 3. The monoisotopic (exact) mass is 381 g/mol. The second-order valence-electron chi connectivity index (χ2n) is 7.56. The minimum atomic E-state index is -0.524. The van der Waals surface area contributed by atoms with Crippen LogP contribution in [0.1, 0.15) is 61.8 Å². The van der Waals surface area contributed by atoms with Crippen LogP contribution in [0.25, 0.3) is 0 Å². The number of anilines is 1. The number of ether oxygens (including phenoxy) is 2. The first kappa shape index (κ1) is 20.4. The molecule has 2 rings (SSSR count).